The van der Waals surface area contributed by atoms with E-state index in [9.17, 15) is 24.8 Å². The van der Waals surface area contributed by atoms with E-state index in [1.54, 1.807) is 24.3 Å². The fourth-order valence-corrected chi connectivity index (χ4v) is 3.90. The van der Waals surface area contributed by atoms with Gasteiger partial charge in [0.05, 0.1) is 29.8 Å². The molecule has 2 aromatic carbocycles. The molecule has 1 saturated heterocycles. The molecule has 1 fully saturated rings. The molecule has 34 heavy (non-hydrogen) atoms. The van der Waals surface area contributed by atoms with Crippen molar-refractivity contribution in [1.82, 2.24) is 4.90 Å². The average Bonchev–Trinajstić information content (AvgIpc) is 3.08. The Balaban J connectivity index is 2.09. The molecule has 0 aliphatic carbocycles. The Morgan fingerprint density at radius 1 is 1.18 bits per heavy atom. The van der Waals surface area contributed by atoms with Crippen LogP contribution in [0.4, 0.5) is 5.69 Å². The van der Waals surface area contributed by atoms with Crippen molar-refractivity contribution in [3.05, 3.63) is 74.8 Å². The molecule has 3 rings (SSSR count). The van der Waals surface area contributed by atoms with Gasteiger partial charge in [-0.15, -0.1) is 0 Å². The number of nitrogens with zero attached hydrogens (tertiary/aromatic N) is 2. The molecule has 0 bridgehead atoms. The molecule has 0 unspecified atom stereocenters. The third-order valence-corrected chi connectivity index (χ3v) is 5.68. The summed E-state index contributed by atoms with van der Waals surface area (Å²) in [6.45, 7) is 4.69. The van der Waals surface area contributed by atoms with Crippen LogP contribution in [0, 0.1) is 17.0 Å². The molecule has 0 spiro atoms. The number of nitro groups is 1. The highest BCUT2D eigenvalue weighted by atomic mass is 16.6. The van der Waals surface area contributed by atoms with E-state index in [0.717, 1.165) is 18.4 Å². The van der Waals surface area contributed by atoms with Gasteiger partial charge in [-0.1, -0.05) is 25.5 Å². The smallest absolute Gasteiger partial charge is 0.295 e. The minimum Gasteiger partial charge on any atom is -0.507 e. The fraction of sp³-hybridized carbons (Fsp3) is 0.360. The number of likely N-dealkylation sites (tertiary alicyclic amines) is 1. The molecule has 1 amide bonds. The molecule has 1 N–H and O–H groups in total. The van der Waals surface area contributed by atoms with E-state index in [-0.39, 0.29) is 30.2 Å². The van der Waals surface area contributed by atoms with E-state index in [1.807, 2.05) is 6.92 Å². The molecule has 1 atom stereocenters. The van der Waals surface area contributed by atoms with E-state index in [4.69, 9.17) is 9.47 Å². The van der Waals surface area contributed by atoms with E-state index in [2.05, 4.69) is 6.92 Å². The van der Waals surface area contributed by atoms with Crippen molar-refractivity contribution < 1.29 is 29.1 Å². The second-order valence-corrected chi connectivity index (χ2v) is 8.02. The number of hydrogen-bond acceptors (Lipinski definition) is 7. The number of aliphatic hydroxyl groups is 1. The highest BCUT2D eigenvalue weighted by Crippen LogP contribution is 2.40. The lowest BCUT2D eigenvalue weighted by atomic mass is 9.94. The van der Waals surface area contributed by atoms with Gasteiger partial charge in [-0.25, -0.2) is 0 Å². The lowest BCUT2D eigenvalue weighted by molar-refractivity contribution is -0.384. The van der Waals surface area contributed by atoms with Crippen molar-refractivity contribution in [2.45, 2.75) is 32.7 Å². The maximum Gasteiger partial charge on any atom is 0.295 e. The first-order chi connectivity index (χ1) is 16.3. The van der Waals surface area contributed by atoms with Crippen LogP contribution >= 0.6 is 0 Å². The van der Waals surface area contributed by atoms with Crippen LogP contribution in [0.1, 0.15) is 42.5 Å². The number of ketones is 1. The topological polar surface area (TPSA) is 119 Å². The highest BCUT2D eigenvalue weighted by Gasteiger charge is 2.46. The number of aliphatic hydroxyl groups excluding tert-OH is 1. The summed E-state index contributed by atoms with van der Waals surface area (Å²) in [6, 6.07) is 9.73. The number of methoxy groups -OCH3 is 1. The number of benzene rings is 2. The number of ether oxygens (including phenoxy) is 2. The number of amides is 1. The molecule has 0 aromatic heterocycles. The summed E-state index contributed by atoms with van der Waals surface area (Å²) < 4.78 is 10.8. The second kappa shape index (κ2) is 10.9. The number of carbonyl (C=O) groups is 2. The molecule has 180 valence electrons. The van der Waals surface area contributed by atoms with E-state index < -0.39 is 22.7 Å². The number of nitro benzene ring substituents is 1. The van der Waals surface area contributed by atoms with Gasteiger partial charge in [0.25, 0.3) is 17.4 Å². The Morgan fingerprint density at radius 2 is 1.94 bits per heavy atom. The Labute approximate surface area is 197 Å². The van der Waals surface area contributed by atoms with Gasteiger partial charge in [-0.3, -0.25) is 19.7 Å². The summed E-state index contributed by atoms with van der Waals surface area (Å²) in [5, 5.41) is 22.5. The number of hydrogen-bond donors (Lipinski definition) is 1. The maximum atomic E-state index is 13.0. The third-order valence-electron chi connectivity index (χ3n) is 5.68. The van der Waals surface area contributed by atoms with Gasteiger partial charge in [-0.2, -0.15) is 0 Å². The molecule has 9 heteroatoms. The lowest BCUT2D eigenvalue weighted by Gasteiger charge is -2.25. The summed E-state index contributed by atoms with van der Waals surface area (Å²) >= 11 is 0. The van der Waals surface area contributed by atoms with Crippen LogP contribution in [-0.4, -0.2) is 53.5 Å². The minimum absolute atomic E-state index is 0.0778. The monoisotopic (exact) mass is 468 g/mol. The van der Waals surface area contributed by atoms with Crippen LogP contribution < -0.4 is 4.74 Å². The Kier molecular flexibility index (Phi) is 8.01. The first kappa shape index (κ1) is 24.9. The molecular weight excluding hydrogens is 440 g/mol. The standard InChI is InChI=1S/C25H28N2O7/c1-4-5-12-34-20-10-9-18(14-16(20)2)23(28)21-22(17-7-6-8-19(15-17)27(31)32)26(11-13-33-3)25(30)24(21)29/h6-10,14-15,22,28H,4-5,11-13H2,1-3H3/b23-21+/t22-/m0/s1. The zero-order chi connectivity index (χ0) is 24.8. The Morgan fingerprint density at radius 3 is 2.59 bits per heavy atom. The molecule has 0 radical (unpaired) electrons. The number of carbonyl (C=O) groups excluding carboxylic acids is 2. The van der Waals surface area contributed by atoms with Crippen LogP contribution in [0.5, 0.6) is 5.75 Å². The van der Waals surface area contributed by atoms with Crippen LogP contribution in [0.3, 0.4) is 0 Å². The first-order valence-corrected chi connectivity index (χ1v) is 11.1. The van der Waals surface area contributed by atoms with E-state index in [1.165, 1.54) is 30.2 Å². The van der Waals surface area contributed by atoms with Crippen molar-refractivity contribution in [2.75, 3.05) is 26.9 Å². The summed E-state index contributed by atoms with van der Waals surface area (Å²) in [5.74, 6) is -1.34. The van der Waals surface area contributed by atoms with Crippen molar-refractivity contribution in [3.8, 4) is 5.75 Å². The second-order valence-electron chi connectivity index (χ2n) is 8.02. The fourth-order valence-electron chi connectivity index (χ4n) is 3.90. The van der Waals surface area contributed by atoms with Crippen LogP contribution in [-0.2, 0) is 14.3 Å². The van der Waals surface area contributed by atoms with Gasteiger partial charge in [-0.05, 0) is 42.7 Å². The van der Waals surface area contributed by atoms with Crippen molar-refractivity contribution in [1.29, 1.82) is 0 Å². The lowest BCUT2D eigenvalue weighted by Crippen LogP contribution is -2.32. The number of rotatable bonds is 10. The van der Waals surface area contributed by atoms with Gasteiger partial charge >= 0.3 is 0 Å². The third kappa shape index (κ3) is 5.09. The SMILES string of the molecule is CCCCOc1ccc(/C(O)=C2\C(=O)C(=O)N(CCOC)[C@H]2c2cccc([N+](=O)[O-])c2)cc1C. The molecule has 1 heterocycles. The quantitative estimate of drug-likeness (QED) is 0.139. The summed E-state index contributed by atoms with van der Waals surface area (Å²) in [6.07, 6.45) is 1.91. The van der Waals surface area contributed by atoms with Gasteiger partial charge in [0, 0.05) is 31.4 Å². The van der Waals surface area contributed by atoms with Crippen molar-refractivity contribution in [3.63, 3.8) is 0 Å². The highest BCUT2D eigenvalue weighted by molar-refractivity contribution is 6.46. The molecule has 1 aliphatic heterocycles. The molecule has 1 aliphatic rings. The van der Waals surface area contributed by atoms with Gasteiger partial charge in [0.15, 0.2) is 0 Å². The molecule has 2 aromatic rings. The van der Waals surface area contributed by atoms with Crippen molar-refractivity contribution in [2.24, 2.45) is 0 Å². The number of non-ortho nitro benzene ring substituents is 1. The number of aryl methyl sites for hydroxylation is 1. The number of unbranched alkanes of at least 4 members (excludes halogenated alkanes) is 1. The normalized spacial score (nSPS) is 17.3. The van der Waals surface area contributed by atoms with E-state index in [0.29, 0.717) is 23.5 Å². The predicted molar refractivity (Wildman–Crippen MR) is 126 cm³/mol. The number of Topliss-reactive ketones (excluding diaryl/α,β-unsaturated/α-hetero) is 1. The summed E-state index contributed by atoms with van der Waals surface area (Å²) in [7, 11) is 1.46. The summed E-state index contributed by atoms with van der Waals surface area (Å²) in [4.78, 5) is 37.9. The largest absolute Gasteiger partial charge is 0.507 e. The van der Waals surface area contributed by atoms with Crippen LogP contribution in [0.25, 0.3) is 5.76 Å². The van der Waals surface area contributed by atoms with Crippen LogP contribution in [0.15, 0.2) is 48.0 Å². The zero-order valence-electron chi connectivity index (χ0n) is 19.4. The predicted octanol–water partition coefficient (Wildman–Crippen LogP) is 4.15. The Bertz CT molecular complexity index is 1130. The van der Waals surface area contributed by atoms with Gasteiger partial charge in [0.2, 0.25) is 0 Å². The maximum absolute atomic E-state index is 13.0. The first-order valence-electron chi connectivity index (χ1n) is 11.1. The van der Waals surface area contributed by atoms with E-state index >= 15 is 0 Å². The minimum atomic E-state index is -0.990. The Hall–Kier alpha value is -3.72. The molecular formula is C25H28N2O7. The van der Waals surface area contributed by atoms with Crippen molar-refractivity contribution >= 4 is 23.1 Å². The summed E-state index contributed by atoms with van der Waals surface area (Å²) in [5.41, 5.74) is 1.16. The molecule has 0 saturated carbocycles. The molecule has 9 nitrogen and oxygen atoms in total. The van der Waals surface area contributed by atoms with Gasteiger partial charge in [0.1, 0.15) is 11.5 Å². The van der Waals surface area contributed by atoms with Gasteiger partial charge < -0.3 is 19.5 Å². The van der Waals surface area contributed by atoms with Crippen LogP contribution in [0.2, 0.25) is 0 Å². The average molecular weight is 469 g/mol. The zero-order valence-corrected chi connectivity index (χ0v) is 19.4.